The van der Waals surface area contributed by atoms with Gasteiger partial charge < -0.3 is 10.2 Å². The molecule has 2 saturated heterocycles. The predicted octanol–water partition coefficient (Wildman–Crippen LogP) is 1.33. The highest BCUT2D eigenvalue weighted by atomic mass is 15.2. The molecule has 2 heterocycles. The Morgan fingerprint density at radius 3 is 2.69 bits per heavy atom. The number of nitrogens with zero attached hydrogens (tertiary/aromatic N) is 1. The Balaban J connectivity index is 1.68. The molecule has 2 aliphatic heterocycles. The maximum Gasteiger partial charge on any atom is 0.00453 e. The van der Waals surface area contributed by atoms with E-state index in [0.29, 0.717) is 5.41 Å². The smallest absolute Gasteiger partial charge is 0.00453 e. The Morgan fingerprint density at radius 2 is 2.15 bits per heavy atom. The molecule has 1 unspecified atom stereocenters. The average Bonchev–Trinajstić information content (AvgIpc) is 2.03. The Kier molecular flexibility index (Phi) is 2.61. The Bertz CT molecular complexity index is 163. The SMILES string of the molecule is CC1(C)CN(CC2CCCNC2)C1. The van der Waals surface area contributed by atoms with Crippen LogP contribution in [0.3, 0.4) is 0 Å². The van der Waals surface area contributed by atoms with Gasteiger partial charge in [0.15, 0.2) is 0 Å². The quantitative estimate of drug-likeness (QED) is 0.693. The second kappa shape index (κ2) is 3.58. The molecule has 2 fully saturated rings. The molecule has 0 aromatic rings. The van der Waals surface area contributed by atoms with Crippen molar-refractivity contribution >= 4 is 0 Å². The van der Waals surface area contributed by atoms with Crippen LogP contribution in [0, 0.1) is 11.3 Å². The Hall–Kier alpha value is -0.0800. The van der Waals surface area contributed by atoms with E-state index in [9.17, 15) is 0 Å². The largest absolute Gasteiger partial charge is 0.316 e. The van der Waals surface area contributed by atoms with Gasteiger partial charge in [-0.1, -0.05) is 13.8 Å². The first-order valence-electron chi connectivity index (χ1n) is 5.59. The van der Waals surface area contributed by atoms with Crippen molar-refractivity contribution in [2.24, 2.45) is 11.3 Å². The van der Waals surface area contributed by atoms with E-state index in [1.807, 2.05) is 0 Å². The second-order valence-electron chi connectivity index (χ2n) is 5.55. The van der Waals surface area contributed by atoms with Crippen molar-refractivity contribution in [3.8, 4) is 0 Å². The summed E-state index contributed by atoms with van der Waals surface area (Å²) >= 11 is 0. The molecule has 2 rings (SSSR count). The predicted molar refractivity (Wildman–Crippen MR) is 55.8 cm³/mol. The monoisotopic (exact) mass is 182 g/mol. The maximum absolute atomic E-state index is 3.48. The molecule has 0 spiro atoms. The van der Waals surface area contributed by atoms with Crippen molar-refractivity contribution in [3.05, 3.63) is 0 Å². The van der Waals surface area contributed by atoms with Gasteiger partial charge in [-0.25, -0.2) is 0 Å². The van der Waals surface area contributed by atoms with E-state index in [4.69, 9.17) is 0 Å². The topological polar surface area (TPSA) is 15.3 Å². The molecule has 2 nitrogen and oxygen atoms in total. The van der Waals surface area contributed by atoms with E-state index in [1.165, 1.54) is 45.6 Å². The van der Waals surface area contributed by atoms with Gasteiger partial charge in [-0.2, -0.15) is 0 Å². The van der Waals surface area contributed by atoms with Gasteiger partial charge in [0.05, 0.1) is 0 Å². The zero-order valence-electron chi connectivity index (χ0n) is 8.97. The normalized spacial score (nSPS) is 34.2. The lowest BCUT2D eigenvalue weighted by Gasteiger charge is -2.47. The van der Waals surface area contributed by atoms with E-state index < -0.39 is 0 Å². The molecule has 0 radical (unpaired) electrons. The lowest BCUT2D eigenvalue weighted by Crippen LogP contribution is -2.55. The summed E-state index contributed by atoms with van der Waals surface area (Å²) in [7, 11) is 0. The fraction of sp³-hybridized carbons (Fsp3) is 1.00. The van der Waals surface area contributed by atoms with Crippen molar-refractivity contribution in [2.75, 3.05) is 32.7 Å². The van der Waals surface area contributed by atoms with Gasteiger partial charge in [0.25, 0.3) is 0 Å². The van der Waals surface area contributed by atoms with Crippen molar-refractivity contribution in [1.82, 2.24) is 10.2 Å². The summed E-state index contributed by atoms with van der Waals surface area (Å²) in [5.74, 6) is 0.921. The van der Waals surface area contributed by atoms with Crippen molar-refractivity contribution in [2.45, 2.75) is 26.7 Å². The van der Waals surface area contributed by atoms with Crippen LogP contribution in [0.15, 0.2) is 0 Å². The summed E-state index contributed by atoms with van der Waals surface area (Å²) in [4.78, 5) is 2.61. The van der Waals surface area contributed by atoms with Crippen LogP contribution in [0.25, 0.3) is 0 Å². The highest BCUT2D eigenvalue weighted by molar-refractivity contribution is 4.89. The minimum atomic E-state index is 0.599. The van der Waals surface area contributed by atoms with Gasteiger partial charge in [0.2, 0.25) is 0 Å². The second-order valence-corrected chi connectivity index (χ2v) is 5.55. The van der Waals surface area contributed by atoms with E-state index in [0.717, 1.165) is 5.92 Å². The molecule has 13 heavy (non-hydrogen) atoms. The van der Waals surface area contributed by atoms with Crippen LogP contribution in [-0.4, -0.2) is 37.6 Å². The molecule has 2 aliphatic rings. The first-order valence-corrected chi connectivity index (χ1v) is 5.59. The summed E-state index contributed by atoms with van der Waals surface area (Å²) in [5.41, 5.74) is 0.599. The van der Waals surface area contributed by atoms with E-state index in [1.54, 1.807) is 0 Å². The van der Waals surface area contributed by atoms with Gasteiger partial charge in [-0.05, 0) is 37.3 Å². The maximum atomic E-state index is 3.48. The third-order valence-electron chi connectivity index (χ3n) is 3.22. The first kappa shape index (κ1) is 9.47. The molecule has 1 atom stereocenters. The third kappa shape index (κ3) is 2.44. The standard InChI is InChI=1S/C11H22N2/c1-11(2)8-13(9-11)7-10-4-3-5-12-6-10/h10,12H,3-9H2,1-2H3. The van der Waals surface area contributed by atoms with E-state index in [2.05, 4.69) is 24.1 Å². The Morgan fingerprint density at radius 1 is 1.38 bits per heavy atom. The van der Waals surface area contributed by atoms with Gasteiger partial charge in [-0.3, -0.25) is 0 Å². The van der Waals surface area contributed by atoms with Gasteiger partial charge in [0.1, 0.15) is 0 Å². The third-order valence-corrected chi connectivity index (χ3v) is 3.22. The molecule has 0 saturated carbocycles. The molecular weight excluding hydrogens is 160 g/mol. The number of hydrogen-bond acceptors (Lipinski definition) is 2. The van der Waals surface area contributed by atoms with Crippen LogP contribution >= 0.6 is 0 Å². The van der Waals surface area contributed by atoms with E-state index >= 15 is 0 Å². The fourth-order valence-electron chi connectivity index (χ4n) is 2.74. The number of hydrogen-bond donors (Lipinski definition) is 1. The highest BCUT2D eigenvalue weighted by Crippen LogP contribution is 2.29. The molecule has 0 aromatic heterocycles. The minimum Gasteiger partial charge on any atom is -0.316 e. The molecule has 0 amide bonds. The molecule has 76 valence electrons. The molecule has 2 heteroatoms. The molecular formula is C11H22N2. The first-order chi connectivity index (χ1) is 6.16. The molecule has 1 N–H and O–H groups in total. The Labute approximate surface area is 81.7 Å². The molecule has 0 aromatic carbocycles. The lowest BCUT2D eigenvalue weighted by atomic mass is 9.83. The van der Waals surface area contributed by atoms with Crippen LogP contribution in [0.2, 0.25) is 0 Å². The summed E-state index contributed by atoms with van der Waals surface area (Å²) in [6.07, 6.45) is 2.81. The number of nitrogens with one attached hydrogen (secondary N) is 1. The number of piperidine rings is 1. The highest BCUT2D eigenvalue weighted by Gasteiger charge is 2.34. The van der Waals surface area contributed by atoms with Crippen molar-refractivity contribution in [1.29, 1.82) is 0 Å². The van der Waals surface area contributed by atoms with E-state index in [-0.39, 0.29) is 0 Å². The number of rotatable bonds is 2. The zero-order chi connectivity index (χ0) is 9.31. The average molecular weight is 182 g/mol. The fourth-order valence-corrected chi connectivity index (χ4v) is 2.74. The van der Waals surface area contributed by atoms with Gasteiger partial charge in [-0.15, -0.1) is 0 Å². The minimum absolute atomic E-state index is 0.599. The van der Waals surface area contributed by atoms with Crippen LogP contribution in [0.5, 0.6) is 0 Å². The van der Waals surface area contributed by atoms with Crippen LogP contribution in [-0.2, 0) is 0 Å². The van der Waals surface area contributed by atoms with Gasteiger partial charge in [0, 0.05) is 19.6 Å². The van der Waals surface area contributed by atoms with Gasteiger partial charge >= 0.3 is 0 Å². The molecule has 0 bridgehead atoms. The molecule has 0 aliphatic carbocycles. The van der Waals surface area contributed by atoms with Crippen molar-refractivity contribution in [3.63, 3.8) is 0 Å². The summed E-state index contributed by atoms with van der Waals surface area (Å²) in [6.45, 7) is 11.2. The van der Waals surface area contributed by atoms with Crippen LogP contribution in [0.1, 0.15) is 26.7 Å². The lowest BCUT2D eigenvalue weighted by molar-refractivity contribution is 0.0153. The van der Waals surface area contributed by atoms with Crippen LogP contribution in [0.4, 0.5) is 0 Å². The zero-order valence-corrected chi connectivity index (χ0v) is 8.97. The summed E-state index contributed by atoms with van der Waals surface area (Å²) in [5, 5.41) is 3.48. The van der Waals surface area contributed by atoms with Crippen LogP contribution < -0.4 is 5.32 Å². The van der Waals surface area contributed by atoms with Crippen molar-refractivity contribution < 1.29 is 0 Å². The number of likely N-dealkylation sites (tertiary alicyclic amines) is 1. The summed E-state index contributed by atoms with van der Waals surface area (Å²) in [6, 6.07) is 0. The summed E-state index contributed by atoms with van der Waals surface area (Å²) < 4.78 is 0.